The minimum Gasteiger partial charge on any atom is -0.330 e. The standard InChI is InChI=1S/C7H15N2.3Y/c1-7-6-8(2)4-5-9(7)3;;;/h7H,1,4-6H2,2-3H3;;;/q-1;;;. The van der Waals surface area contributed by atoms with Gasteiger partial charge in [-0.15, -0.1) is 6.04 Å². The third-order valence-electron chi connectivity index (χ3n) is 1.98. The zero-order valence-corrected chi connectivity index (χ0v) is 16.5. The molecule has 0 spiro atoms. The zero-order valence-electron chi connectivity index (χ0n) is 8.03. The van der Waals surface area contributed by atoms with E-state index >= 15 is 0 Å². The Morgan fingerprint density at radius 2 is 1.58 bits per heavy atom. The van der Waals surface area contributed by atoms with Gasteiger partial charge in [0.05, 0.1) is 0 Å². The molecule has 0 bridgehead atoms. The number of hydrogen-bond acceptors (Lipinski definition) is 2. The Kier molecular flexibility index (Phi) is 18.5. The summed E-state index contributed by atoms with van der Waals surface area (Å²) in [6, 6.07) is 0.490. The van der Waals surface area contributed by atoms with E-state index in [0.29, 0.717) is 6.04 Å². The first-order valence-corrected chi connectivity index (χ1v) is 3.42. The second kappa shape index (κ2) is 10.7. The fraction of sp³-hybridized carbons (Fsp3) is 0.857. The molecule has 0 amide bonds. The second-order valence-corrected chi connectivity index (χ2v) is 2.90. The maximum absolute atomic E-state index is 4.01. The van der Waals surface area contributed by atoms with Crippen molar-refractivity contribution in [1.29, 1.82) is 0 Å². The summed E-state index contributed by atoms with van der Waals surface area (Å²) in [5.41, 5.74) is 0. The first kappa shape index (κ1) is 20.6. The molecule has 1 fully saturated rings. The molecule has 1 saturated heterocycles. The molecule has 1 heterocycles. The van der Waals surface area contributed by atoms with Crippen molar-refractivity contribution in [2.75, 3.05) is 33.7 Å². The SMILES string of the molecule is [CH2-]C1CN(C)CCN1C.[Y].[Y].[Y]. The number of hydrogen-bond donors (Lipinski definition) is 0. The van der Waals surface area contributed by atoms with Crippen molar-refractivity contribution in [2.24, 2.45) is 0 Å². The van der Waals surface area contributed by atoms with Crippen LogP contribution in [0.1, 0.15) is 0 Å². The van der Waals surface area contributed by atoms with Crippen LogP contribution in [0.5, 0.6) is 0 Å². The van der Waals surface area contributed by atoms with Gasteiger partial charge < -0.3 is 16.7 Å². The van der Waals surface area contributed by atoms with Gasteiger partial charge in [-0.2, -0.15) is 0 Å². The maximum atomic E-state index is 4.01. The Morgan fingerprint density at radius 3 is 1.92 bits per heavy atom. The Hall–Kier alpha value is 3.23. The van der Waals surface area contributed by atoms with Gasteiger partial charge in [-0.05, 0) is 20.6 Å². The first-order valence-electron chi connectivity index (χ1n) is 3.42. The van der Waals surface area contributed by atoms with E-state index in [1.165, 1.54) is 6.54 Å². The molecule has 3 radical (unpaired) electrons. The first-order chi connectivity index (χ1) is 4.20. The van der Waals surface area contributed by atoms with Gasteiger partial charge >= 0.3 is 0 Å². The minimum atomic E-state index is 0. The molecule has 1 atom stereocenters. The molecule has 1 rings (SSSR count). The molecule has 5 heteroatoms. The van der Waals surface area contributed by atoms with Crippen molar-refractivity contribution in [2.45, 2.75) is 6.04 Å². The summed E-state index contributed by atoms with van der Waals surface area (Å²) >= 11 is 0. The minimum absolute atomic E-state index is 0. The Labute approximate surface area is 152 Å². The van der Waals surface area contributed by atoms with Crippen molar-refractivity contribution in [1.82, 2.24) is 9.80 Å². The van der Waals surface area contributed by atoms with Crippen LogP contribution in [0.15, 0.2) is 0 Å². The molecular formula is C7H15N2Y3-. The molecular weight excluding hydrogens is 379 g/mol. The monoisotopic (exact) mass is 394 g/mol. The van der Waals surface area contributed by atoms with Gasteiger partial charge in [0.2, 0.25) is 0 Å². The fourth-order valence-corrected chi connectivity index (χ4v) is 1.10. The van der Waals surface area contributed by atoms with Crippen LogP contribution >= 0.6 is 0 Å². The number of rotatable bonds is 0. The third-order valence-corrected chi connectivity index (χ3v) is 1.98. The largest absolute Gasteiger partial charge is 0.330 e. The Balaban J connectivity index is -0.000000270. The van der Waals surface area contributed by atoms with Gasteiger partial charge in [-0.25, -0.2) is 0 Å². The molecule has 0 aromatic heterocycles. The smallest absolute Gasteiger partial charge is 0.0105 e. The molecule has 12 heavy (non-hydrogen) atoms. The van der Waals surface area contributed by atoms with Crippen LogP contribution in [0.25, 0.3) is 0 Å². The van der Waals surface area contributed by atoms with E-state index in [-0.39, 0.29) is 98.1 Å². The van der Waals surface area contributed by atoms with Crippen molar-refractivity contribution in [3.8, 4) is 0 Å². The molecule has 63 valence electrons. The summed E-state index contributed by atoms with van der Waals surface area (Å²) in [6.45, 7) is 7.46. The van der Waals surface area contributed by atoms with Crippen LogP contribution in [-0.2, 0) is 98.1 Å². The number of likely N-dealkylation sites (N-methyl/N-ethyl adjacent to an activating group) is 2. The number of piperazine rings is 1. The molecule has 1 aliphatic heterocycles. The van der Waals surface area contributed by atoms with Gasteiger partial charge in [0, 0.05) is 111 Å². The second-order valence-electron chi connectivity index (χ2n) is 2.90. The van der Waals surface area contributed by atoms with Crippen LogP contribution in [0, 0.1) is 6.92 Å². The Morgan fingerprint density at radius 1 is 1.08 bits per heavy atom. The number of nitrogens with zero attached hydrogens (tertiary/aromatic N) is 2. The van der Waals surface area contributed by atoms with Crippen LogP contribution in [0.2, 0.25) is 0 Å². The summed E-state index contributed by atoms with van der Waals surface area (Å²) in [5, 5.41) is 0. The predicted octanol–water partition coefficient (Wildman–Crippen LogP) is 0.0588. The summed E-state index contributed by atoms with van der Waals surface area (Å²) in [7, 11) is 4.27. The Bertz CT molecular complexity index is 103. The van der Waals surface area contributed by atoms with E-state index in [1.54, 1.807) is 0 Å². The third kappa shape index (κ3) is 7.51. The maximum Gasteiger partial charge on any atom is 0.0105 e. The average Bonchev–Trinajstić information content (AvgIpc) is 1.80. The molecule has 0 saturated carbocycles. The van der Waals surface area contributed by atoms with E-state index in [4.69, 9.17) is 0 Å². The summed E-state index contributed by atoms with van der Waals surface area (Å²) in [4.78, 5) is 4.61. The molecule has 0 aromatic rings. The normalized spacial score (nSPS) is 24.8. The predicted molar refractivity (Wildman–Crippen MR) is 39.3 cm³/mol. The average molecular weight is 394 g/mol. The molecule has 0 aromatic carbocycles. The summed E-state index contributed by atoms with van der Waals surface area (Å²) < 4.78 is 0. The molecule has 0 aliphatic carbocycles. The van der Waals surface area contributed by atoms with Gasteiger partial charge in [-0.1, -0.05) is 0 Å². The van der Waals surface area contributed by atoms with Crippen molar-refractivity contribution >= 4 is 0 Å². The summed E-state index contributed by atoms with van der Waals surface area (Å²) in [5.74, 6) is 0. The van der Waals surface area contributed by atoms with Gasteiger partial charge in [-0.3, -0.25) is 0 Å². The van der Waals surface area contributed by atoms with Crippen LogP contribution in [-0.4, -0.2) is 49.6 Å². The quantitative estimate of drug-likeness (QED) is 0.537. The van der Waals surface area contributed by atoms with E-state index in [1.807, 2.05) is 0 Å². The van der Waals surface area contributed by atoms with Crippen molar-refractivity contribution in [3.63, 3.8) is 0 Å². The zero-order chi connectivity index (χ0) is 6.85. The van der Waals surface area contributed by atoms with Gasteiger partial charge in [0.15, 0.2) is 0 Å². The van der Waals surface area contributed by atoms with Crippen LogP contribution in [0.4, 0.5) is 0 Å². The van der Waals surface area contributed by atoms with E-state index in [9.17, 15) is 0 Å². The van der Waals surface area contributed by atoms with Gasteiger partial charge in [0.25, 0.3) is 0 Å². The van der Waals surface area contributed by atoms with E-state index in [2.05, 4.69) is 30.8 Å². The van der Waals surface area contributed by atoms with Crippen molar-refractivity contribution in [3.05, 3.63) is 6.92 Å². The van der Waals surface area contributed by atoms with E-state index in [0.717, 1.165) is 13.1 Å². The molecule has 1 unspecified atom stereocenters. The van der Waals surface area contributed by atoms with E-state index < -0.39 is 0 Å². The molecule has 2 nitrogen and oxygen atoms in total. The van der Waals surface area contributed by atoms with Gasteiger partial charge in [0.1, 0.15) is 0 Å². The van der Waals surface area contributed by atoms with Crippen LogP contribution < -0.4 is 0 Å². The fourth-order valence-electron chi connectivity index (χ4n) is 1.10. The summed E-state index contributed by atoms with van der Waals surface area (Å²) in [6.07, 6.45) is 0. The van der Waals surface area contributed by atoms with Crippen LogP contribution in [0.3, 0.4) is 0 Å². The molecule has 0 N–H and O–H groups in total. The van der Waals surface area contributed by atoms with Crippen molar-refractivity contribution < 1.29 is 98.1 Å². The molecule has 1 aliphatic rings. The topological polar surface area (TPSA) is 6.48 Å².